The minimum atomic E-state index is -0.719. The molecule has 1 aromatic heterocycles. The molecule has 0 radical (unpaired) electrons. The Balaban J connectivity index is 2.22. The summed E-state index contributed by atoms with van der Waals surface area (Å²) in [5.41, 5.74) is -0.988. The monoisotopic (exact) mass is 512 g/mol. The van der Waals surface area contributed by atoms with E-state index in [1.165, 1.54) is 20.1 Å². The summed E-state index contributed by atoms with van der Waals surface area (Å²) < 4.78 is 5.97. The van der Waals surface area contributed by atoms with Crippen molar-refractivity contribution in [3.8, 4) is 18.0 Å². The molecule has 11 nitrogen and oxygen atoms in total. The molecule has 1 N–H and O–H groups in total. The topological polar surface area (TPSA) is 161 Å². The van der Waals surface area contributed by atoms with Crippen molar-refractivity contribution in [3.05, 3.63) is 48.7 Å². The van der Waals surface area contributed by atoms with Crippen molar-refractivity contribution in [2.45, 2.75) is 20.4 Å². The van der Waals surface area contributed by atoms with Gasteiger partial charge in [0, 0.05) is 19.2 Å². The number of pyridine rings is 1. The maximum Gasteiger partial charge on any atom is 0.281 e. The number of halogens is 1. The molecule has 0 saturated carbocycles. The minimum absolute atomic E-state index is 0.0336. The summed E-state index contributed by atoms with van der Waals surface area (Å²) >= 11 is 3.25. The van der Waals surface area contributed by atoms with E-state index in [9.17, 15) is 30.0 Å². The highest BCUT2D eigenvalue weighted by atomic mass is 79.9. The van der Waals surface area contributed by atoms with Crippen LogP contribution in [0.3, 0.4) is 0 Å². The highest BCUT2D eigenvalue weighted by Crippen LogP contribution is 2.40. The molecule has 2 heterocycles. The second-order valence-corrected chi connectivity index (χ2v) is 7.70. The summed E-state index contributed by atoms with van der Waals surface area (Å²) in [7, 11) is 1.42. The Labute approximate surface area is 196 Å². The van der Waals surface area contributed by atoms with Crippen molar-refractivity contribution in [3.63, 3.8) is 0 Å². The lowest BCUT2D eigenvalue weighted by molar-refractivity contribution is 0.0662. The molecule has 0 unspecified atom stereocenters. The van der Waals surface area contributed by atoms with Gasteiger partial charge in [-0.05, 0) is 35.8 Å². The second kappa shape index (κ2) is 9.32. The van der Waals surface area contributed by atoms with Gasteiger partial charge in [0.05, 0.1) is 34.3 Å². The number of azo groups is 1. The first-order chi connectivity index (χ1) is 15.7. The molecule has 1 aliphatic heterocycles. The Morgan fingerprint density at radius 3 is 2.39 bits per heavy atom. The smallest absolute Gasteiger partial charge is 0.281 e. The fraction of sp³-hybridized carbons (Fsp3) is 0.286. The molecule has 0 spiro atoms. The zero-order chi connectivity index (χ0) is 24.4. The van der Waals surface area contributed by atoms with Gasteiger partial charge in [-0.1, -0.05) is 0 Å². The Hall–Kier alpha value is -3.87. The average molecular weight is 513 g/mol. The molecule has 0 bridgehead atoms. The molecule has 33 heavy (non-hydrogen) atoms. The SMILES string of the molecule is CCN1C(=O)c2cc(C#N)c(N=Nc3c(C)c(C#N)c(O)n(CCOC)c3=O)c(Br)c2C1=O. The van der Waals surface area contributed by atoms with E-state index in [1.807, 2.05) is 12.1 Å². The molecule has 3 rings (SSSR count). The zero-order valence-electron chi connectivity index (χ0n) is 17.8. The number of ether oxygens (including phenoxy) is 1. The van der Waals surface area contributed by atoms with E-state index in [4.69, 9.17) is 4.74 Å². The van der Waals surface area contributed by atoms with E-state index in [-0.39, 0.29) is 63.4 Å². The molecule has 2 aromatic rings. The standard InChI is InChI=1S/C21H17BrN6O5/c1-4-27-18(29)12-7-11(8-23)17(15(22)14(12)20(27)31)26-25-16-10(2)13(9-24)19(30)28(21(16)32)5-6-33-3/h7,30H,4-6H2,1-3H3. The van der Waals surface area contributed by atoms with E-state index >= 15 is 0 Å². The van der Waals surface area contributed by atoms with Gasteiger partial charge in [0.2, 0.25) is 5.88 Å². The highest BCUT2D eigenvalue weighted by Gasteiger charge is 2.38. The molecule has 0 saturated heterocycles. The third-order valence-corrected chi connectivity index (χ3v) is 5.92. The molecule has 2 amide bonds. The van der Waals surface area contributed by atoms with E-state index in [0.717, 1.165) is 9.47 Å². The molecular formula is C21H17BrN6O5. The zero-order valence-corrected chi connectivity index (χ0v) is 19.4. The van der Waals surface area contributed by atoms with Crippen molar-refractivity contribution < 1.29 is 19.4 Å². The van der Waals surface area contributed by atoms with E-state index in [1.54, 1.807) is 6.92 Å². The number of fused-ring (bicyclic) bond motifs is 1. The number of nitriles is 2. The number of imide groups is 1. The molecule has 0 aliphatic carbocycles. The number of benzene rings is 1. The van der Waals surface area contributed by atoms with Crippen molar-refractivity contribution in [1.82, 2.24) is 9.47 Å². The first kappa shape index (κ1) is 23.8. The maximum atomic E-state index is 12.9. The highest BCUT2D eigenvalue weighted by molar-refractivity contribution is 9.10. The summed E-state index contributed by atoms with van der Waals surface area (Å²) in [6.07, 6.45) is 0. The van der Waals surface area contributed by atoms with Crippen LogP contribution in [-0.2, 0) is 11.3 Å². The first-order valence-corrected chi connectivity index (χ1v) is 10.4. The van der Waals surface area contributed by atoms with Gasteiger partial charge in [-0.25, -0.2) is 0 Å². The number of hydrogen-bond acceptors (Lipinski definition) is 9. The minimum Gasteiger partial charge on any atom is -0.493 e. The van der Waals surface area contributed by atoms with Crippen LogP contribution in [0.5, 0.6) is 5.88 Å². The lowest BCUT2D eigenvalue weighted by atomic mass is 10.0. The van der Waals surface area contributed by atoms with Crippen LogP contribution < -0.4 is 5.56 Å². The van der Waals surface area contributed by atoms with E-state index < -0.39 is 23.3 Å². The molecule has 0 fully saturated rings. The average Bonchev–Trinajstić information content (AvgIpc) is 3.04. The number of carbonyl (C=O) groups is 2. The fourth-order valence-corrected chi connectivity index (χ4v) is 4.08. The Morgan fingerprint density at radius 1 is 1.15 bits per heavy atom. The van der Waals surface area contributed by atoms with Crippen molar-refractivity contribution in [1.29, 1.82) is 10.5 Å². The summed E-state index contributed by atoms with van der Waals surface area (Å²) in [5.74, 6) is -1.58. The largest absolute Gasteiger partial charge is 0.493 e. The molecular weight excluding hydrogens is 496 g/mol. The van der Waals surface area contributed by atoms with Gasteiger partial charge < -0.3 is 9.84 Å². The number of hydrogen-bond donors (Lipinski definition) is 1. The van der Waals surface area contributed by atoms with Crippen molar-refractivity contribution in [2.75, 3.05) is 20.3 Å². The number of carbonyl (C=O) groups excluding carboxylic acids is 2. The van der Waals surface area contributed by atoms with Crippen LogP contribution in [0.15, 0.2) is 25.6 Å². The van der Waals surface area contributed by atoms with Gasteiger partial charge in [-0.3, -0.25) is 23.9 Å². The number of aromatic hydroxyl groups is 1. The number of aromatic nitrogens is 1. The Kier molecular flexibility index (Phi) is 6.72. The van der Waals surface area contributed by atoms with E-state index in [2.05, 4.69) is 26.2 Å². The number of amides is 2. The third-order valence-electron chi connectivity index (χ3n) is 5.15. The maximum absolute atomic E-state index is 12.9. The van der Waals surface area contributed by atoms with Gasteiger partial charge in [-0.15, -0.1) is 10.2 Å². The third kappa shape index (κ3) is 3.80. The van der Waals surface area contributed by atoms with Crippen LogP contribution in [0.25, 0.3) is 0 Å². The van der Waals surface area contributed by atoms with Gasteiger partial charge in [0.15, 0.2) is 5.69 Å². The van der Waals surface area contributed by atoms with Crippen LogP contribution in [0.1, 0.15) is 44.3 Å². The predicted octanol–water partition coefficient (Wildman–Crippen LogP) is 3.05. The van der Waals surface area contributed by atoms with Crippen LogP contribution in [-0.4, -0.2) is 46.6 Å². The Morgan fingerprint density at radius 2 is 1.82 bits per heavy atom. The number of methoxy groups -OCH3 is 1. The molecule has 0 atom stereocenters. The molecule has 1 aromatic carbocycles. The summed E-state index contributed by atoms with van der Waals surface area (Å²) in [6.45, 7) is 3.29. The van der Waals surface area contributed by atoms with Gasteiger partial charge in [-0.2, -0.15) is 10.5 Å². The van der Waals surface area contributed by atoms with E-state index in [0.29, 0.717) is 0 Å². The second-order valence-electron chi connectivity index (χ2n) is 6.91. The summed E-state index contributed by atoms with van der Waals surface area (Å²) in [6, 6.07) is 5.00. The normalized spacial score (nSPS) is 12.8. The van der Waals surface area contributed by atoms with Crippen LogP contribution in [0, 0.1) is 29.6 Å². The lowest BCUT2D eigenvalue weighted by Crippen LogP contribution is -2.29. The quantitative estimate of drug-likeness (QED) is 0.459. The Bertz CT molecular complexity index is 1370. The lowest BCUT2D eigenvalue weighted by Gasteiger charge is -2.12. The predicted molar refractivity (Wildman–Crippen MR) is 118 cm³/mol. The van der Waals surface area contributed by atoms with Crippen LogP contribution >= 0.6 is 15.9 Å². The van der Waals surface area contributed by atoms with Crippen LogP contribution in [0.2, 0.25) is 0 Å². The van der Waals surface area contributed by atoms with Crippen molar-refractivity contribution >= 4 is 39.1 Å². The fourth-order valence-electron chi connectivity index (χ4n) is 3.41. The molecule has 168 valence electrons. The molecule has 12 heteroatoms. The van der Waals surface area contributed by atoms with Gasteiger partial charge in [0.1, 0.15) is 23.4 Å². The summed E-state index contributed by atoms with van der Waals surface area (Å²) in [4.78, 5) is 39.1. The first-order valence-electron chi connectivity index (χ1n) is 9.63. The van der Waals surface area contributed by atoms with Gasteiger partial charge >= 0.3 is 0 Å². The molecule has 1 aliphatic rings. The number of rotatable bonds is 6. The van der Waals surface area contributed by atoms with Crippen LogP contribution in [0.4, 0.5) is 11.4 Å². The summed E-state index contributed by atoms with van der Waals surface area (Å²) in [5, 5.41) is 37.3. The van der Waals surface area contributed by atoms with Crippen molar-refractivity contribution in [2.24, 2.45) is 10.2 Å². The number of nitrogens with zero attached hydrogens (tertiary/aromatic N) is 6. The van der Waals surface area contributed by atoms with Gasteiger partial charge in [0.25, 0.3) is 17.4 Å².